The molecule has 1 aliphatic carbocycles. The van der Waals surface area contributed by atoms with Gasteiger partial charge in [0, 0.05) is 49.9 Å². The largest absolute Gasteiger partial charge is 0.480 e. The number of nitrogens with zero attached hydrogens (tertiary/aromatic N) is 3. The van der Waals surface area contributed by atoms with E-state index in [1.165, 1.54) is 16.8 Å². The summed E-state index contributed by atoms with van der Waals surface area (Å²) in [7, 11) is 1.64. The van der Waals surface area contributed by atoms with Gasteiger partial charge in [0.05, 0.1) is 27.9 Å². The summed E-state index contributed by atoms with van der Waals surface area (Å²) in [5.74, 6) is 0.212. The quantitative estimate of drug-likeness (QED) is 0.477. The van der Waals surface area contributed by atoms with E-state index in [-0.39, 0.29) is 24.1 Å². The number of aromatic nitrogens is 3. The normalized spacial score (nSPS) is 19.8. The van der Waals surface area contributed by atoms with Gasteiger partial charge < -0.3 is 25.3 Å². The van der Waals surface area contributed by atoms with Crippen molar-refractivity contribution in [2.24, 2.45) is 7.05 Å². The van der Waals surface area contributed by atoms with Gasteiger partial charge in [-0.15, -0.1) is 0 Å². The van der Waals surface area contributed by atoms with Gasteiger partial charge in [-0.1, -0.05) is 11.6 Å². The van der Waals surface area contributed by atoms with Gasteiger partial charge in [-0.3, -0.25) is 14.6 Å². The molecule has 9 nitrogen and oxygen atoms in total. The molecule has 1 amide bonds. The first-order chi connectivity index (χ1) is 16.9. The number of pyridine rings is 3. The Morgan fingerprint density at radius 3 is 2.63 bits per heavy atom. The summed E-state index contributed by atoms with van der Waals surface area (Å²) in [4.78, 5) is 32.2. The fourth-order valence-electron chi connectivity index (χ4n) is 4.70. The molecule has 11 heteroatoms. The molecule has 0 saturated heterocycles. The molecule has 3 N–H and O–H groups in total. The highest BCUT2D eigenvalue weighted by Gasteiger charge is 2.23. The van der Waals surface area contributed by atoms with E-state index < -0.39 is 5.82 Å². The van der Waals surface area contributed by atoms with E-state index in [1.807, 2.05) is 0 Å². The van der Waals surface area contributed by atoms with Gasteiger partial charge in [-0.2, -0.15) is 0 Å². The highest BCUT2D eigenvalue weighted by Crippen LogP contribution is 2.31. The van der Waals surface area contributed by atoms with E-state index in [0.29, 0.717) is 58.0 Å². The number of ether oxygens (including phenoxy) is 1. The number of halogens is 2. The third-order valence-corrected chi connectivity index (χ3v) is 6.99. The molecule has 4 heterocycles. The minimum Gasteiger partial charge on any atom is -0.480 e. The van der Waals surface area contributed by atoms with Gasteiger partial charge in [0.25, 0.3) is 11.5 Å². The van der Waals surface area contributed by atoms with Crippen molar-refractivity contribution in [3.63, 3.8) is 0 Å². The van der Waals surface area contributed by atoms with Crippen LogP contribution in [0.4, 0.5) is 10.2 Å². The number of aryl methyl sites for hydroxylation is 1. The first-order valence-corrected chi connectivity index (χ1v) is 12.0. The zero-order valence-electron chi connectivity index (χ0n) is 19.2. The molecule has 0 radical (unpaired) electrons. The van der Waals surface area contributed by atoms with Crippen molar-refractivity contribution in [3.8, 4) is 5.75 Å². The standard InChI is InChI=1S/C24H26ClFN6O3/c1-32-22(34)7-6-18-23(32)15(17(26)10-29-18)9-27-13-2-4-14(5-3-13)28-11-19-16(25)8-20-24(30-19)31-21(33)12-35-20/h6-8,10,13-14,27-28H,2-5,9,11-12H2,1H3,(H,30,31,33)/t13-,14-. The van der Waals surface area contributed by atoms with Crippen LogP contribution in [-0.4, -0.2) is 39.1 Å². The summed E-state index contributed by atoms with van der Waals surface area (Å²) in [6.45, 7) is 0.766. The third-order valence-electron chi connectivity index (χ3n) is 6.67. The van der Waals surface area contributed by atoms with Gasteiger partial charge in [0.1, 0.15) is 5.82 Å². The molecule has 0 atom stereocenters. The lowest BCUT2D eigenvalue weighted by atomic mass is 9.91. The monoisotopic (exact) mass is 500 g/mol. The first-order valence-electron chi connectivity index (χ1n) is 11.6. The summed E-state index contributed by atoms with van der Waals surface area (Å²) < 4.78 is 21.4. The Morgan fingerprint density at radius 1 is 1.17 bits per heavy atom. The summed E-state index contributed by atoms with van der Waals surface area (Å²) in [5.41, 5.74) is 2.04. The molecule has 0 spiro atoms. The molecule has 0 bridgehead atoms. The van der Waals surface area contributed by atoms with Crippen molar-refractivity contribution in [1.82, 2.24) is 25.2 Å². The summed E-state index contributed by atoms with van der Waals surface area (Å²) in [5, 5.41) is 10.2. The molecule has 35 heavy (non-hydrogen) atoms. The highest BCUT2D eigenvalue weighted by molar-refractivity contribution is 6.31. The van der Waals surface area contributed by atoms with Crippen molar-refractivity contribution < 1.29 is 13.9 Å². The van der Waals surface area contributed by atoms with Crippen LogP contribution in [0.15, 0.2) is 29.2 Å². The van der Waals surface area contributed by atoms with E-state index >= 15 is 0 Å². The summed E-state index contributed by atoms with van der Waals surface area (Å²) in [6, 6.07) is 5.29. The van der Waals surface area contributed by atoms with Crippen LogP contribution in [-0.2, 0) is 24.9 Å². The van der Waals surface area contributed by atoms with Crippen LogP contribution in [0.2, 0.25) is 5.02 Å². The molecule has 0 unspecified atom stereocenters. The van der Waals surface area contributed by atoms with E-state index in [0.717, 1.165) is 25.7 Å². The number of carbonyl (C=O) groups excluding carboxylic acids is 1. The fourth-order valence-corrected chi connectivity index (χ4v) is 4.91. The van der Waals surface area contributed by atoms with Crippen LogP contribution in [0.25, 0.3) is 11.0 Å². The minimum atomic E-state index is -0.419. The maximum Gasteiger partial charge on any atom is 0.263 e. The van der Waals surface area contributed by atoms with E-state index in [4.69, 9.17) is 16.3 Å². The molecule has 1 aliphatic heterocycles. The average Bonchev–Trinajstić information content (AvgIpc) is 2.85. The number of nitrogens with one attached hydrogen (secondary N) is 3. The molecule has 2 aliphatic rings. The molecule has 1 fully saturated rings. The predicted octanol–water partition coefficient (Wildman–Crippen LogP) is 2.64. The Morgan fingerprint density at radius 2 is 1.89 bits per heavy atom. The first kappa shape index (κ1) is 23.7. The van der Waals surface area contributed by atoms with Crippen molar-refractivity contribution in [2.75, 3.05) is 11.9 Å². The third kappa shape index (κ3) is 5.00. The van der Waals surface area contributed by atoms with Crippen LogP contribution < -0.4 is 26.2 Å². The molecular weight excluding hydrogens is 475 g/mol. The number of anilines is 1. The summed E-state index contributed by atoms with van der Waals surface area (Å²) >= 11 is 6.35. The van der Waals surface area contributed by atoms with Gasteiger partial charge in [0.2, 0.25) is 0 Å². The zero-order valence-corrected chi connectivity index (χ0v) is 20.0. The number of hydrogen-bond acceptors (Lipinski definition) is 7. The zero-order chi connectivity index (χ0) is 24.5. The van der Waals surface area contributed by atoms with Crippen LogP contribution in [0.1, 0.15) is 36.9 Å². The van der Waals surface area contributed by atoms with Crippen molar-refractivity contribution in [1.29, 1.82) is 0 Å². The molecular formula is C24H26ClFN6O3. The molecule has 3 aromatic rings. The number of hydrogen-bond donors (Lipinski definition) is 3. The molecule has 184 valence electrons. The average molecular weight is 501 g/mol. The van der Waals surface area contributed by atoms with Crippen LogP contribution in [0, 0.1) is 5.82 Å². The maximum atomic E-state index is 14.6. The topological polar surface area (TPSA) is 110 Å². The van der Waals surface area contributed by atoms with E-state index in [9.17, 15) is 14.0 Å². The van der Waals surface area contributed by atoms with Gasteiger partial charge in [0.15, 0.2) is 18.2 Å². The Hall–Kier alpha value is -3.08. The SMILES string of the molecule is Cn1c(=O)ccc2ncc(F)c(CN[C@H]3CC[C@H](NCc4nc5c(cc4Cl)OCC(=O)N5)CC3)c21. The molecule has 3 aromatic heterocycles. The van der Waals surface area contributed by atoms with Crippen molar-refractivity contribution in [3.05, 3.63) is 56.8 Å². The van der Waals surface area contributed by atoms with E-state index in [1.54, 1.807) is 19.2 Å². The smallest absolute Gasteiger partial charge is 0.263 e. The van der Waals surface area contributed by atoms with Gasteiger partial charge in [-0.25, -0.2) is 9.37 Å². The number of fused-ring (bicyclic) bond motifs is 2. The lowest BCUT2D eigenvalue weighted by molar-refractivity contribution is -0.118. The lowest BCUT2D eigenvalue weighted by Crippen LogP contribution is -2.39. The van der Waals surface area contributed by atoms with Gasteiger partial charge in [-0.05, 0) is 31.7 Å². The second-order valence-corrected chi connectivity index (χ2v) is 9.37. The highest BCUT2D eigenvalue weighted by atomic mass is 35.5. The number of carbonyl (C=O) groups is 1. The Kier molecular flexibility index (Phi) is 6.68. The number of rotatable bonds is 6. The van der Waals surface area contributed by atoms with Crippen molar-refractivity contribution >= 4 is 34.4 Å². The molecule has 5 rings (SSSR count). The molecule has 0 aromatic carbocycles. The van der Waals surface area contributed by atoms with Crippen LogP contribution in [0.5, 0.6) is 5.75 Å². The Labute approximate surface area is 206 Å². The minimum absolute atomic E-state index is 0.0397. The van der Waals surface area contributed by atoms with Gasteiger partial charge >= 0.3 is 0 Å². The van der Waals surface area contributed by atoms with Crippen LogP contribution >= 0.6 is 11.6 Å². The second kappa shape index (κ2) is 9.88. The van der Waals surface area contributed by atoms with Crippen LogP contribution in [0.3, 0.4) is 0 Å². The second-order valence-electron chi connectivity index (χ2n) is 8.96. The van der Waals surface area contributed by atoms with E-state index in [2.05, 4.69) is 25.9 Å². The summed E-state index contributed by atoms with van der Waals surface area (Å²) in [6.07, 6.45) is 4.95. The Bertz CT molecular complexity index is 1340. The maximum absolute atomic E-state index is 14.6. The predicted molar refractivity (Wildman–Crippen MR) is 130 cm³/mol. The number of amides is 1. The fraction of sp³-hybridized carbons (Fsp3) is 0.417. The van der Waals surface area contributed by atoms with Crippen molar-refractivity contribution in [2.45, 2.75) is 50.9 Å². The Balaban J connectivity index is 1.16. The molecule has 1 saturated carbocycles. The lowest BCUT2D eigenvalue weighted by Gasteiger charge is -2.30.